The van der Waals surface area contributed by atoms with E-state index in [0.717, 1.165) is 11.4 Å². The second-order valence-electron chi connectivity index (χ2n) is 4.24. The highest BCUT2D eigenvalue weighted by Gasteiger charge is 2.09. The number of hydrogen-bond donors (Lipinski definition) is 0. The molecule has 4 nitrogen and oxygen atoms in total. The van der Waals surface area contributed by atoms with E-state index in [1.54, 1.807) is 16.8 Å². The number of ether oxygens (including phenoxy) is 1. The van der Waals surface area contributed by atoms with Crippen LogP contribution < -0.4 is 4.74 Å². The van der Waals surface area contributed by atoms with Crippen molar-refractivity contribution < 1.29 is 9.53 Å². The first-order valence-electron chi connectivity index (χ1n) is 5.80. The Kier molecular flexibility index (Phi) is 3.46. The molecule has 0 aliphatic carbocycles. The van der Waals surface area contributed by atoms with E-state index in [4.69, 9.17) is 4.74 Å². The van der Waals surface area contributed by atoms with Crippen LogP contribution in [0.4, 0.5) is 0 Å². The Labute approximate surface area is 106 Å². The van der Waals surface area contributed by atoms with Crippen molar-refractivity contribution in [3.63, 3.8) is 0 Å². The van der Waals surface area contributed by atoms with Crippen molar-refractivity contribution in [1.82, 2.24) is 9.78 Å². The summed E-state index contributed by atoms with van der Waals surface area (Å²) in [5, 5.41) is 4.25. The van der Waals surface area contributed by atoms with E-state index < -0.39 is 0 Å². The molecule has 0 radical (unpaired) electrons. The molecule has 0 amide bonds. The molecule has 0 bridgehead atoms. The zero-order valence-corrected chi connectivity index (χ0v) is 10.8. The average molecular weight is 244 g/mol. The summed E-state index contributed by atoms with van der Waals surface area (Å²) >= 11 is 0. The van der Waals surface area contributed by atoms with Gasteiger partial charge in [-0.1, -0.05) is 12.1 Å². The van der Waals surface area contributed by atoms with Gasteiger partial charge in [0.15, 0.2) is 5.78 Å². The summed E-state index contributed by atoms with van der Waals surface area (Å²) in [7, 11) is 1.88. The molecule has 0 atom stereocenters. The van der Waals surface area contributed by atoms with Crippen molar-refractivity contribution in [2.45, 2.75) is 20.5 Å². The first-order valence-corrected chi connectivity index (χ1v) is 5.80. The minimum absolute atomic E-state index is 0.00628. The zero-order chi connectivity index (χ0) is 13.1. The van der Waals surface area contributed by atoms with Crippen LogP contribution in [0.3, 0.4) is 0 Å². The lowest BCUT2D eigenvalue weighted by molar-refractivity contribution is 0.101. The number of ketones is 1. The largest absolute Gasteiger partial charge is 0.487 e. The topological polar surface area (TPSA) is 44.1 Å². The predicted molar refractivity (Wildman–Crippen MR) is 68.7 cm³/mol. The summed E-state index contributed by atoms with van der Waals surface area (Å²) in [4.78, 5) is 11.5. The highest BCUT2D eigenvalue weighted by molar-refractivity contribution is 5.96. The molecule has 0 saturated heterocycles. The fraction of sp³-hybridized carbons (Fsp3) is 0.286. The van der Waals surface area contributed by atoms with Gasteiger partial charge in [0.2, 0.25) is 0 Å². The van der Waals surface area contributed by atoms with Gasteiger partial charge in [-0.3, -0.25) is 9.48 Å². The second-order valence-corrected chi connectivity index (χ2v) is 4.24. The van der Waals surface area contributed by atoms with Crippen LogP contribution in [0.2, 0.25) is 0 Å². The van der Waals surface area contributed by atoms with Gasteiger partial charge in [-0.15, -0.1) is 0 Å². The third kappa shape index (κ3) is 2.59. The first-order chi connectivity index (χ1) is 8.58. The van der Waals surface area contributed by atoms with Crippen LogP contribution >= 0.6 is 0 Å². The number of benzene rings is 1. The number of nitrogens with zero attached hydrogens (tertiary/aromatic N) is 2. The summed E-state index contributed by atoms with van der Waals surface area (Å²) in [6.07, 6.45) is 0. The van der Waals surface area contributed by atoms with Crippen molar-refractivity contribution in [2.75, 3.05) is 0 Å². The Morgan fingerprint density at radius 2 is 2.11 bits per heavy atom. The Bertz CT molecular complexity index is 573. The smallest absolute Gasteiger partial charge is 0.163 e. The highest BCUT2D eigenvalue weighted by Crippen LogP contribution is 2.19. The number of carbonyl (C=O) groups excluding carboxylic acids is 1. The van der Waals surface area contributed by atoms with Crippen molar-refractivity contribution in [3.8, 4) is 5.75 Å². The molecule has 2 aromatic rings. The van der Waals surface area contributed by atoms with Gasteiger partial charge < -0.3 is 4.74 Å². The minimum atomic E-state index is 0.00628. The molecule has 4 heteroatoms. The summed E-state index contributed by atoms with van der Waals surface area (Å²) in [5.41, 5.74) is 2.54. The lowest BCUT2D eigenvalue weighted by Gasteiger charge is -2.09. The van der Waals surface area contributed by atoms with Crippen LogP contribution in [-0.2, 0) is 13.7 Å². The molecule has 0 unspecified atom stereocenters. The maximum atomic E-state index is 11.5. The lowest BCUT2D eigenvalue weighted by atomic mass is 10.1. The van der Waals surface area contributed by atoms with Crippen molar-refractivity contribution >= 4 is 5.78 Å². The molecule has 18 heavy (non-hydrogen) atoms. The summed E-state index contributed by atoms with van der Waals surface area (Å²) in [6.45, 7) is 3.88. The van der Waals surface area contributed by atoms with Crippen LogP contribution in [0.1, 0.15) is 28.7 Å². The summed E-state index contributed by atoms with van der Waals surface area (Å²) in [5.74, 6) is 0.621. The van der Waals surface area contributed by atoms with Gasteiger partial charge in [-0.25, -0.2) is 0 Å². The first kappa shape index (κ1) is 12.4. The molecule has 0 aliphatic heterocycles. The number of hydrogen-bond acceptors (Lipinski definition) is 3. The maximum Gasteiger partial charge on any atom is 0.163 e. The van der Waals surface area contributed by atoms with E-state index >= 15 is 0 Å². The molecule has 0 aliphatic rings. The molecule has 0 spiro atoms. The molecule has 1 aromatic carbocycles. The van der Waals surface area contributed by atoms with Crippen LogP contribution in [0.15, 0.2) is 30.3 Å². The number of rotatable bonds is 4. The molecule has 0 N–H and O–H groups in total. The van der Waals surface area contributed by atoms with Gasteiger partial charge in [0, 0.05) is 7.05 Å². The molecular formula is C14H16N2O2. The molecule has 2 rings (SSSR count). The monoisotopic (exact) mass is 244 g/mol. The molecular weight excluding hydrogens is 228 g/mol. The summed E-state index contributed by atoms with van der Waals surface area (Å²) in [6, 6.07) is 9.23. The number of aromatic nitrogens is 2. The maximum absolute atomic E-state index is 11.5. The number of carbonyl (C=O) groups is 1. The third-order valence-electron chi connectivity index (χ3n) is 2.74. The quantitative estimate of drug-likeness (QED) is 0.776. The molecule has 1 heterocycles. The van der Waals surface area contributed by atoms with E-state index in [9.17, 15) is 4.79 Å². The molecule has 0 saturated carbocycles. The van der Waals surface area contributed by atoms with E-state index in [1.807, 2.05) is 32.2 Å². The van der Waals surface area contributed by atoms with E-state index in [-0.39, 0.29) is 5.78 Å². The van der Waals surface area contributed by atoms with Crippen LogP contribution in [0.5, 0.6) is 5.75 Å². The van der Waals surface area contributed by atoms with Gasteiger partial charge >= 0.3 is 0 Å². The lowest BCUT2D eigenvalue weighted by Crippen LogP contribution is -2.05. The standard InChI is InChI=1S/C14H16N2O2/c1-10-8-12(16(3)15-10)9-18-14-7-5-4-6-13(14)11(2)17/h4-8H,9H2,1-3H3. The predicted octanol–water partition coefficient (Wildman–Crippen LogP) is 2.51. The number of para-hydroxylation sites is 1. The fourth-order valence-corrected chi connectivity index (χ4v) is 1.83. The van der Waals surface area contributed by atoms with Gasteiger partial charge in [0.1, 0.15) is 12.4 Å². The third-order valence-corrected chi connectivity index (χ3v) is 2.74. The van der Waals surface area contributed by atoms with Gasteiger partial charge in [0.05, 0.1) is 17.0 Å². The van der Waals surface area contributed by atoms with E-state index in [1.165, 1.54) is 6.92 Å². The Morgan fingerprint density at radius 3 is 2.72 bits per heavy atom. The van der Waals surface area contributed by atoms with Crippen LogP contribution in [0.25, 0.3) is 0 Å². The minimum Gasteiger partial charge on any atom is -0.487 e. The second kappa shape index (κ2) is 5.04. The Hall–Kier alpha value is -2.10. The number of aryl methyl sites for hydroxylation is 2. The Balaban J connectivity index is 2.15. The molecule has 94 valence electrons. The SMILES string of the molecule is CC(=O)c1ccccc1OCc1cc(C)nn1C. The zero-order valence-electron chi connectivity index (χ0n) is 10.8. The van der Waals surface area contributed by atoms with Gasteiger partial charge in [-0.05, 0) is 32.0 Å². The van der Waals surface area contributed by atoms with Gasteiger partial charge in [0.25, 0.3) is 0 Å². The van der Waals surface area contributed by atoms with Crippen molar-refractivity contribution in [1.29, 1.82) is 0 Å². The van der Waals surface area contributed by atoms with Gasteiger partial charge in [-0.2, -0.15) is 5.10 Å². The average Bonchev–Trinajstić information content (AvgIpc) is 2.65. The van der Waals surface area contributed by atoms with Crippen molar-refractivity contribution in [3.05, 3.63) is 47.3 Å². The molecule has 1 aromatic heterocycles. The highest BCUT2D eigenvalue weighted by atomic mass is 16.5. The van der Waals surface area contributed by atoms with E-state index in [0.29, 0.717) is 17.9 Å². The van der Waals surface area contributed by atoms with Crippen LogP contribution in [0, 0.1) is 6.92 Å². The fourth-order valence-electron chi connectivity index (χ4n) is 1.83. The Morgan fingerprint density at radius 1 is 1.39 bits per heavy atom. The number of Topliss-reactive ketones (excluding diaryl/α,β-unsaturated/α-hetero) is 1. The summed E-state index contributed by atoms with van der Waals surface area (Å²) < 4.78 is 7.48. The van der Waals surface area contributed by atoms with Crippen LogP contribution in [-0.4, -0.2) is 15.6 Å². The van der Waals surface area contributed by atoms with E-state index in [2.05, 4.69) is 5.10 Å². The van der Waals surface area contributed by atoms with Crippen molar-refractivity contribution in [2.24, 2.45) is 7.05 Å². The normalized spacial score (nSPS) is 10.4. The molecule has 0 fully saturated rings.